The van der Waals surface area contributed by atoms with Gasteiger partial charge in [-0.25, -0.2) is 0 Å². The number of benzene rings is 1. The first-order valence-corrected chi connectivity index (χ1v) is 5.41. The van der Waals surface area contributed by atoms with Gasteiger partial charge in [-0.1, -0.05) is 15.9 Å². The van der Waals surface area contributed by atoms with Crippen molar-refractivity contribution in [2.75, 3.05) is 6.61 Å². The average Bonchev–Trinajstić information content (AvgIpc) is 2.23. The maximum absolute atomic E-state index is 9.63. The van der Waals surface area contributed by atoms with Gasteiger partial charge in [-0.2, -0.15) is 0 Å². The molecule has 2 rings (SSSR count). The molecule has 78 valence electrons. The molecule has 0 saturated carbocycles. The van der Waals surface area contributed by atoms with Gasteiger partial charge in [-0.05, 0) is 25.1 Å². The largest absolute Gasteiger partial charge is 0.503 e. The molecule has 1 aromatic carbocycles. The number of hydrogen-bond donors (Lipinski definition) is 1. The molecule has 15 heavy (non-hydrogen) atoms. The zero-order valence-corrected chi connectivity index (χ0v) is 9.78. The highest BCUT2D eigenvalue weighted by Crippen LogP contribution is 2.34. The van der Waals surface area contributed by atoms with E-state index in [-0.39, 0.29) is 5.75 Å². The molecule has 0 aliphatic rings. The van der Waals surface area contributed by atoms with E-state index in [1.807, 2.05) is 25.1 Å². The molecular weight excluding hydrogens is 258 g/mol. The van der Waals surface area contributed by atoms with Gasteiger partial charge >= 0.3 is 0 Å². The van der Waals surface area contributed by atoms with Crippen LogP contribution in [-0.2, 0) is 0 Å². The lowest BCUT2D eigenvalue weighted by atomic mass is 10.2. The van der Waals surface area contributed by atoms with E-state index in [0.717, 1.165) is 15.4 Å². The third kappa shape index (κ3) is 1.90. The maximum atomic E-state index is 9.63. The Labute approximate surface area is 95.8 Å². The molecule has 1 N–H and O–H groups in total. The van der Waals surface area contributed by atoms with E-state index in [1.165, 1.54) is 6.20 Å². The topological polar surface area (TPSA) is 42.4 Å². The van der Waals surface area contributed by atoms with Crippen molar-refractivity contribution in [2.45, 2.75) is 6.92 Å². The van der Waals surface area contributed by atoms with E-state index < -0.39 is 0 Å². The minimum absolute atomic E-state index is 0.0717. The molecule has 2 aromatic rings. The Kier molecular flexibility index (Phi) is 2.77. The van der Waals surface area contributed by atoms with Gasteiger partial charge in [0.05, 0.1) is 18.3 Å². The van der Waals surface area contributed by atoms with Gasteiger partial charge in [0.2, 0.25) is 0 Å². The molecule has 0 fully saturated rings. The van der Waals surface area contributed by atoms with Crippen LogP contribution in [0.4, 0.5) is 0 Å². The molecule has 0 unspecified atom stereocenters. The fourth-order valence-electron chi connectivity index (χ4n) is 1.43. The molecule has 1 heterocycles. The minimum atomic E-state index is 0.0717. The standard InChI is InChI=1S/C11H10BrNO2/c1-2-15-11-8-5-7(12)3-4-9(8)13-6-10(11)14/h3-6,14H,2H2,1H3. The van der Waals surface area contributed by atoms with Gasteiger partial charge < -0.3 is 9.84 Å². The zero-order valence-electron chi connectivity index (χ0n) is 8.20. The van der Waals surface area contributed by atoms with Crippen molar-refractivity contribution in [3.8, 4) is 11.5 Å². The Morgan fingerprint density at radius 2 is 2.27 bits per heavy atom. The smallest absolute Gasteiger partial charge is 0.177 e. The third-order valence-corrected chi connectivity index (χ3v) is 2.54. The summed E-state index contributed by atoms with van der Waals surface area (Å²) in [4.78, 5) is 4.11. The van der Waals surface area contributed by atoms with Crippen molar-refractivity contribution in [1.29, 1.82) is 0 Å². The molecule has 0 aliphatic heterocycles. The Morgan fingerprint density at radius 1 is 1.47 bits per heavy atom. The van der Waals surface area contributed by atoms with E-state index in [9.17, 15) is 5.11 Å². The Bertz CT molecular complexity index is 494. The summed E-state index contributed by atoms with van der Waals surface area (Å²) in [6, 6.07) is 5.66. The van der Waals surface area contributed by atoms with Gasteiger partial charge in [0.25, 0.3) is 0 Å². The Balaban J connectivity index is 2.72. The molecule has 3 nitrogen and oxygen atoms in total. The lowest BCUT2D eigenvalue weighted by Crippen LogP contribution is -1.94. The molecule has 0 saturated heterocycles. The summed E-state index contributed by atoms with van der Waals surface area (Å²) in [5, 5.41) is 10.4. The van der Waals surface area contributed by atoms with Gasteiger partial charge in [0.15, 0.2) is 11.5 Å². The van der Waals surface area contributed by atoms with E-state index in [0.29, 0.717) is 12.4 Å². The van der Waals surface area contributed by atoms with Crippen molar-refractivity contribution < 1.29 is 9.84 Å². The lowest BCUT2D eigenvalue weighted by molar-refractivity contribution is 0.321. The highest BCUT2D eigenvalue weighted by molar-refractivity contribution is 9.10. The van der Waals surface area contributed by atoms with Crippen LogP contribution >= 0.6 is 15.9 Å². The second-order valence-corrected chi connectivity index (χ2v) is 3.98. The van der Waals surface area contributed by atoms with Gasteiger partial charge in [0, 0.05) is 9.86 Å². The highest BCUT2D eigenvalue weighted by Gasteiger charge is 2.08. The molecular formula is C11H10BrNO2. The first-order valence-electron chi connectivity index (χ1n) is 4.62. The molecule has 0 spiro atoms. The van der Waals surface area contributed by atoms with Crippen LogP contribution in [0.15, 0.2) is 28.9 Å². The highest BCUT2D eigenvalue weighted by atomic mass is 79.9. The van der Waals surface area contributed by atoms with Crippen molar-refractivity contribution >= 4 is 26.8 Å². The summed E-state index contributed by atoms with van der Waals surface area (Å²) in [7, 11) is 0. The van der Waals surface area contributed by atoms with E-state index in [1.54, 1.807) is 0 Å². The summed E-state index contributed by atoms with van der Waals surface area (Å²) in [6.45, 7) is 2.39. The quantitative estimate of drug-likeness (QED) is 0.909. The number of nitrogens with zero attached hydrogens (tertiary/aromatic N) is 1. The normalized spacial score (nSPS) is 10.5. The van der Waals surface area contributed by atoms with Crippen molar-refractivity contribution in [2.24, 2.45) is 0 Å². The summed E-state index contributed by atoms with van der Waals surface area (Å²) in [5.74, 6) is 0.561. The first kappa shape index (κ1) is 10.2. The molecule has 4 heteroatoms. The Morgan fingerprint density at radius 3 is 3.00 bits per heavy atom. The van der Waals surface area contributed by atoms with Crippen LogP contribution in [0.25, 0.3) is 10.9 Å². The van der Waals surface area contributed by atoms with E-state index in [4.69, 9.17) is 4.74 Å². The number of aromatic nitrogens is 1. The molecule has 0 atom stereocenters. The van der Waals surface area contributed by atoms with Crippen LogP contribution in [0.2, 0.25) is 0 Å². The van der Waals surface area contributed by atoms with Crippen molar-refractivity contribution in [3.63, 3.8) is 0 Å². The second-order valence-electron chi connectivity index (χ2n) is 3.07. The Hall–Kier alpha value is -1.29. The van der Waals surface area contributed by atoms with Gasteiger partial charge in [-0.3, -0.25) is 4.98 Å². The number of hydrogen-bond acceptors (Lipinski definition) is 3. The van der Waals surface area contributed by atoms with Gasteiger partial charge in [-0.15, -0.1) is 0 Å². The van der Waals surface area contributed by atoms with Crippen LogP contribution in [0.1, 0.15) is 6.92 Å². The SMILES string of the molecule is CCOc1c(O)cnc2ccc(Br)cc12. The average molecular weight is 268 g/mol. The summed E-state index contributed by atoms with van der Waals surface area (Å²) in [5.41, 5.74) is 0.805. The number of pyridine rings is 1. The molecule has 0 bridgehead atoms. The fraction of sp³-hybridized carbons (Fsp3) is 0.182. The number of halogens is 1. The summed E-state index contributed by atoms with van der Waals surface area (Å²) < 4.78 is 6.33. The van der Waals surface area contributed by atoms with Crippen molar-refractivity contribution in [1.82, 2.24) is 4.98 Å². The van der Waals surface area contributed by atoms with Crippen LogP contribution in [0.5, 0.6) is 11.5 Å². The molecule has 0 aliphatic carbocycles. The first-order chi connectivity index (χ1) is 7.22. The minimum Gasteiger partial charge on any atom is -0.503 e. The predicted octanol–water partition coefficient (Wildman–Crippen LogP) is 3.10. The zero-order chi connectivity index (χ0) is 10.8. The monoisotopic (exact) mass is 267 g/mol. The number of aromatic hydroxyl groups is 1. The second kappa shape index (κ2) is 4.06. The van der Waals surface area contributed by atoms with E-state index in [2.05, 4.69) is 20.9 Å². The lowest BCUT2D eigenvalue weighted by Gasteiger charge is -2.08. The van der Waals surface area contributed by atoms with Crippen molar-refractivity contribution in [3.05, 3.63) is 28.9 Å². The third-order valence-electron chi connectivity index (χ3n) is 2.05. The molecule has 0 radical (unpaired) electrons. The number of rotatable bonds is 2. The number of fused-ring (bicyclic) bond motifs is 1. The van der Waals surface area contributed by atoms with Crippen LogP contribution in [0.3, 0.4) is 0 Å². The number of ether oxygens (including phenoxy) is 1. The van der Waals surface area contributed by atoms with E-state index >= 15 is 0 Å². The van der Waals surface area contributed by atoms with Crippen LogP contribution in [-0.4, -0.2) is 16.7 Å². The maximum Gasteiger partial charge on any atom is 0.177 e. The molecule has 1 aromatic heterocycles. The summed E-state index contributed by atoms with van der Waals surface area (Å²) in [6.07, 6.45) is 1.40. The predicted molar refractivity (Wildman–Crippen MR) is 62.3 cm³/mol. The van der Waals surface area contributed by atoms with Gasteiger partial charge in [0.1, 0.15) is 0 Å². The molecule has 0 amide bonds. The fourth-order valence-corrected chi connectivity index (χ4v) is 1.79. The van der Waals surface area contributed by atoms with Crippen LogP contribution < -0.4 is 4.74 Å². The summed E-state index contributed by atoms with van der Waals surface area (Å²) >= 11 is 3.38. The van der Waals surface area contributed by atoms with Crippen LogP contribution in [0, 0.1) is 0 Å².